The first-order chi connectivity index (χ1) is 11.0. The summed E-state index contributed by atoms with van der Waals surface area (Å²) in [5, 5.41) is 0. The highest BCUT2D eigenvalue weighted by molar-refractivity contribution is 9.10. The minimum atomic E-state index is -0.498. The fraction of sp³-hybridized carbons (Fsp3) is 0. The van der Waals surface area contributed by atoms with Gasteiger partial charge in [-0.25, -0.2) is 19.3 Å². The van der Waals surface area contributed by atoms with E-state index in [9.17, 15) is 9.59 Å². The molecule has 12 nitrogen and oxygen atoms in total. The lowest BCUT2D eigenvalue weighted by atomic mass is 10.5. The minimum Gasteiger partial charge on any atom is -0.369 e. The number of hydrogen-bond acceptors (Lipinski definition) is 8. The van der Waals surface area contributed by atoms with Crippen LogP contribution in [-0.4, -0.2) is 39.3 Å². The Balaban J connectivity index is 2.17. The van der Waals surface area contributed by atoms with E-state index < -0.39 is 11.1 Å². The molecule has 0 aliphatic carbocycles. The Morgan fingerprint density at radius 3 is 2.26 bits per heavy atom. The predicted octanol–water partition coefficient (Wildman–Crippen LogP) is -1.21. The van der Waals surface area contributed by atoms with Gasteiger partial charge in [-0.1, -0.05) is 0 Å². The lowest BCUT2D eigenvalue weighted by Gasteiger charge is -2.06. The van der Waals surface area contributed by atoms with Gasteiger partial charge in [0.05, 0.1) is 0 Å². The molecule has 4 heterocycles. The van der Waals surface area contributed by atoms with Crippen molar-refractivity contribution in [1.29, 1.82) is 0 Å². The average Bonchev–Trinajstić information content (AvgIpc) is 3.00. The molecule has 0 aliphatic heterocycles. The summed E-state index contributed by atoms with van der Waals surface area (Å²) >= 11 is 3.24. The maximum absolute atomic E-state index is 11.9. The summed E-state index contributed by atoms with van der Waals surface area (Å²) in [6.45, 7) is 0. The number of imidazole rings is 2. The molecule has 0 unspecified atom stereocenters. The Kier molecular flexibility index (Phi) is 2.57. The van der Waals surface area contributed by atoms with E-state index in [-0.39, 0.29) is 39.0 Å². The van der Waals surface area contributed by atoms with Crippen LogP contribution in [0.4, 0.5) is 11.9 Å². The molecular weight excluding hydrogens is 372 g/mol. The molecule has 13 heteroatoms. The Morgan fingerprint density at radius 2 is 1.57 bits per heavy atom. The van der Waals surface area contributed by atoms with Crippen LogP contribution in [0.5, 0.6) is 0 Å². The average molecular weight is 379 g/mol. The summed E-state index contributed by atoms with van der Waals surface area (Å²) in [4.78, 5) is 44.7. The van der Waals surface area contributed by atoms with Crippen LogP contribution in [0.25, 0.3) is 22.3 Å². The Morgan fingerprint density at radius 1 is 0.957 bits per heavy atom. The van der Waals surface area contributed by atoms with Crippen LogP contribution in [0.3, 0.4) is 0 Å². The van der Waals surface area contributed by atoms with Crippen LogP contribution in [0.15, 0.2) is 20.7 Å². The third kappa shape index (κ3) is 1.83. The molecule has 0 aliphatic rings. The summed E-state index contributed by atoms with van der Waals surface area (Å²) in [7, 11) is 0. The first-order valence-corrected chi connectivity index (χ1v) is 6.92. The van der Waals surface area contributed by atoms with E-state index in [4.69, 9.17) is 11.5 Å². The second kappa shape index (κ2) is 4.39. The minimum absolute atomic E-state index is 0.0609. The molecule has 0 radical (unpaired) electrons. The Bertz CT molecular complexity index is 1200. The van der Waals surface area contributed by atoms with E-state index in [0.29, 0.717) is 0 Å². The van der Waals surface area contributed by atoms with Crippen molar-refractivity contribution in [2.45, 2.75) is 0 Å². The summed E-state index contributed by atoms with van der Waals surface area (Å²) in [6.07, 6.45) is 1.33. The second-order valence-corrected chi connectivity index (χ2v) is 5.24. The van der Waals surface area contributed by atoms with Crippen molar-refractivity contribution < 1.29 is 0 Å². The van der Waals surface area contributed by atoms with Crippen LogP contribution in [0.1, 0.15) is 0 Å². The van der Waals surface area contributed by atoms with Crippen molar-refractivity contribution in [3.63, 3.8) is 0 Å². The fourth-order valence-corrected chi connectivity index (χ4v) is 2.72. The topological polar surface area (TPSA) is 179 Å². The van der Waals surface area contributed by atoms with Crippen molar-refractivity contribution in [2.75, 3.05) is 11.5 Å². The van der Waals surface area contributed by atoms with Gasteiger partial charge in [0.25, 0.3) is 11.1 Å². The van der Waals surface area contributed by atoms with E-state index in [0.717, 1.165) is 0 Å². The number of aromatic nitrogens is 8. The van der Waals surface area contributed by atoms with Crippen molar-refractivity contribution in [2.24, 2.45) is 0 Å². The molecule has 0 spiro atoms. The number of fused-ring (bicyclic) bond motifs is 2. The van der Waals surface area contributed by atoms with E-state index in [1.807, 2.05) is 0 Å². The van der Waals surface area contributed by atoms with E-state index in [1.54, 1.807) is 0 Å². The number of anilines is 2. The van der Waals surface area contributed by atoms with Gasteiger partial charge < -0.3 is 11.5 Å². The summed E-state index contributed by atoms with van der Waals surface area (Å²) in [6, 6.07) is 0. The first-order valence-electron chi connectivity index (χ1n) is 6.13. The van der Waals surface area contributed by atoms with Gasteiger partial charge in [-0.2, -0.15) is 9.97 Å². The second-order valence-electron chi connectivity index (χ2n) is 4.53. The molecule has 0 saturated carbocycles. The van der Waals surface area contributed by atoms with Crippen LogP contribution >= 0.6 is 15.9 Å². The number of H-pyrrole nitrogens is 2. The fourth-order valence-electron chi connectivity index (χ4n) is 2.20. The van der Waals surface area contributed by atoms with Crippen LogP contribution < -0.4 is 22.6 Å². The van der Waals surface area contributed by atoms with Crippen molar-refractivity contribution in [3.05, 3.63) is 31.8 Å². The van der Waals surface area contributed by atoms with Gasteiger partial charge in [0.15, 0.2) is 27.1 Å². The standard InChI is InChI=1S/C10H7BrN10O2/c11-8-15-3-5(17-10(13)19-7(3)23)21(8)20-1-14-2-4(20)16-9(12)18-6(2)22/h1H,(H3,12,16,18,22)(H3,13,17,19,23). The third-order valence-electron chi connectivity index (χ3n) is 3.10. The van der Waals surface area contributed by atoms with Crippen molar-refractivity contribution >= 4 is 50.2 Å². The zero-order chi connectivity index (χ0) is 16.3. The van der Waals surface area contributed by atoms with E-state index in [2.05, 4.69) is 45.8 Å². The quantitative estimate of drug-likeness (QED) is 0.297. The molecule has 0 saturated heterocycles. The first kappa shape index (κ1) is 13.4. The number of rotatable bonds is 1. The van der Waals surface area contributed by atoms with Gasteiger partial charge in [0.1, 0.15) is 6.33 Å². The van der Waals surface area contributed by atoms with Gasteiger partial charge in [-0.3, -0.25) is 19.6 Å². The molecule has 0 amide bonds. The molecular formula is C10H7BrN10O2. The molecule has 0 fully saturated rings. The Hall–Kier alpha value is -3.22. The maximum atomic E-state index is 11.9. The zero-order valence-corrected chi connectivity index (χ0v) is 12.7. The summed E-state index contributed by atoms with van der Waals surface area (Å²) < 4.78 is 3.02. The lowest BCUT2D eigenvalue weighted by molar-refractivity contribution is 0.671. The molecule has 0 atom stereocenters. The molecule has 4 rings (SSSR count). The number of aromatic amines is 2. The van der Waals surface area contributed by atoms with Crippen LogP contribution in [0.2, 0.25) is 0 Å². The highest BCUT2D eigenvalue weighted by Crippen LogP contribution is 2.19. The maximum Gasteiger partial charge on any atom is 0.280 e. The third-order valence-corrected chi connectivity index (χ3v) is 3.61. The largest absolute Gasteiger partial charge is 0.369 e. The van der Waals surface area contributed by atoms with Crippen LogP contribution in [0, 0.1) is 0 Å². The number of halogens is 1. The number of nitrogens with zero attached hydrogens (tertiary/aromatic N) is 6. The molecule has 116 valence electrons. The van der Waals surface area contributed by atoms with E-state index in [1.165, 1.54) is 15.7 Å². The predicted molar refractivity (Wildman–Crippen MR) is 83.6 cm³/mol. The molecule has 23 heavy (non-hydrogen) atoms. The van der Waals surface area contributed by atoms with Crippen molar-refractivity contribution in [1.82, 2.24) is 39.3 Å². The lowest BCUT2D eigenvalue weighted by Crippen LogP contribution is -2.16. The summed E-state index contributed by atoms with van der Waals surface area (Å²) in [5.74, 6) is -0.152. The molecule has 4 aromatic rings. The van der Waals surface area contributed by atoms with Gasteiger partial charge in [-0.15, -0.1) is 0 Å². The van der Waals surface area contributed by atoms with Gasteiger partial charge in [0.2, 0.25) is 11.9 Å². The highest BCUT2D eigenvalue weighted by Gasteiger charge is 2.19. The Labute approximate surface area is 133 Å². The SMILES string of the molecule is Nc1nc2c(ncn2-n2c(Br)nc3c(=O)[nH]c(N)nc32)c(=O)[nH]1. The number of nitrogen functional groups attached to an aromatic ring is 2. The molecule has 4 aromatic heterocycles. The van der Waals surface area contributed by atoms with Crippen molar-refractivity contribution in [3.8, 4) is 0 Å². The highest BCUT2D eigenvalue weighted by atomic mass is 79.9. The van der Waals surface area contributed by atoms with Gasteiger partial charge >= 0.3 is 0 Å². The number of nitrogens with one attached hydrogen (secondary N) is 2. The number of nitrogens with two attached hydrogens (primary N) is 2. The molecule has 6 N–H and O–H groups in total. The zero-order valence-electron chi connectivity index (χ0n) is 11.1. The monoisotopic (exact) mass is 378 g/mol. The summed E-state index contributed by atoms with van der Waals surface area (Å²) in [5.41, 5.74) is 10.6. The number of hydrogen-bond donors (Lipinski definition) is 4. The smallest absolute Gasteiger partial charge is 0.280 e. The van der Waals surface area contributed by atoms with E-state index >= 15 is 0 Å². The normalized spacial score (nSPS) is 11.5. The van der Waals surface area contributed by atoms with Gasteiger partial charge in [0, 0.05) is 0 Å². The van der Waals surface area contributed by atoms with Gasteiger partial charge in [-0.05, 0) is 15.9 Å². The molecule has 0 aromatic carbocycles. The molecule has 0 bridgehead atoms. The van der Waals surface area contributed by atoms with Crippen LogP contribution in [-0.2, 0) is 0 Å².